The van der Waals surface area contributed by atoms with Crippen LogP contribution in [0.25, 0.3) is 0 Å². The molecule has 4 fully saturated rings. The first-order valence-electron chi connectivity index (χ1n) is 17.2. The van der Waals surface area contributed by atoms with Crippen LogP contribution in [-0.2, 0) is 42.8 Å². The predicted octanol–water partition coefficient (Wildman–Crippen LogP) is -0.00880. The Kier molecular flexibility index (Phi) is 16.4. The lowest BCUT2D eigenvalue weighted by Crippen LogP contribution is -2.65. The van der Waals surface area contributed by atoms with Gasteiger partial charge in [-0.15, -0.1) is 0 Å². The smallest absolute Gasteiger partial charge is 0.264 e. The number of amides is 2. The number of methoxy groups -OCH3 is 1. The Hall–Kier alpha value is -3.27. The van der Waals surface area contributed by atoms with E-state index in [0.29, 0.717) is 10.1 Å². The quantitative estimate of drug-likeness (QED) is 0.0527. The number of allylic oxidation sites excluding steroid dienone is 12. The van der Waals surface area contributed by atoms with Gasteiger partial charge in [0.25, 0.3) is 5.91 Å². The molecule has 4 saturated heterocycles. The number of aliphatic hydroxyl groups excluding tert-OH is 6. The van der Waals surface area contributed by atoms with E-state index in [1.165, 1.54) is 19.3 Å². The van der Waals surface area contributed by atoms with Gasteiger partial charge in [0.2, 0.25) is 5.91 Å². The molecule has 0 unspecified atom stereocenters. The summed E-state index contributed by atoms with van der Waals surface area (Å²) < 4.78 is 33.7. The molecular weight excluding hydrogens is 771 g/mol. The van der Waals surface area contributed by atoms with E-state index in [2.05, 4.69) is 0 Å². The molecule has 0 aromatic heterocycles. The van der Waals surface area contributed by atoms with E-state index in [9.17, 15) is 45.0 Å². The number of rotatable bonds is 14. The molecule has 4 heterocycles. The SMILES string of the molecule is CO[C@H]1[C@@H](O[C@@H]2CO[C@H](O[C@@H]3[C@H](O)[C@H](O)CO[C@@H]3N3C(=O)\C(=C(O)/C=C/C=C/C=C/C=C/C=C(Cl)/C=C(/C)Cl)C(=O)[C@@H]3CC(N)=O)[C@H](O)[C@@H]2O)O[C@@H](C)[C@H]1O. The number of halogens is 2. The van der Waals surface area contributed by atoms with Gasteiger partial charge < -0.3 is 64.8 Å². The molecule has 4 rings (SSSR count). The minimum atomic E-state index is -1.85. The van der Waals surface area contributed by atoms with Crippen molar-refractivity contribution in [2.75, 3.05) is 20.3 Å². The fourth-order valence-electron chi connectivity index (χ4n) is 6.17. The zero-order valence-electron chi connectivity index (χ0n) is 30.0. The second-order valence-electron chi connectivity index (χ2n) is 13.0. The number of Topliss-reactive ketones (excluding diaryl/α,β-unsaturated/α-hetero) is 1. The molecule has 17 nitrogen and oxygen atoms in total. The molecule has 4 aliphatic heterocycles. The summed E-state index contributed by atoms with van der Waals surface area (Å²) in [7, 11) is 1.34. The molecule has 304 valence electrons. The third kappa shape index (κ3) is 11.0. The van der Waals surface area contributed by atoms with Gasteiger partial charge in [0, 0.05) is 17.2 Å². The summed E-state index contributed by atoms with van der Waals surface area (Å²) in [6.07, 6.45) is -2.29. The minimum absolute atomic E-state index is 0.404. The Morgan fingerprint density at radius 1 is 0.891 bits per heavy atom. The van der Waals surface area contributed by atoms with Crippen molar-refractivity contribution in [1.82, 2.24) is 4.90 Å². The number of hydrogen-bond donors (Lipinski definition) is 7. The summed E-state index contributed by atoms with van der Waals surface area (Å²) in [5, 5.41) is 65.5. The van der Waals surface area contributed by atoms with Crippen molar-refractivity contribution in [3.05, 3.63) is 82.2 Å². The van der Waals surface area contributed by atoms with Crippen molar-refractivity contribution < 1.29 is 73.4 Å². The van der Waals surface area contributed by atoms with Gasteiger partial charge in [-0.2, -0.15) is 0 Å². The highest BCUT2D eigenvalue weighted by Crippen LogP contribution is 2.35. The molecule has 2 amide bonds. The molecular formula is C36H46Cl2N2O15. The number of primary amides is 1. The average Bonchev–Trinajstić information content (AvgIpc) is 3.53. The van der Waals surface area contributed by atoms with Gasteiger partial charge in [-0.3, -0.25) is 19.3 Å². The summed E-state index contributed by atoms with van der Waals surface area (Å²) in [4.78, 5) is 40.2. The second-order valence-corrected chi connectivity index (χ2v) is 14.0. The highest BCUT2D eigenvalue weighted by Gasteiger charge is 2.56. The first-order valence-corrected chi connectivity index (χ1v) is 17.9. The predicted molar refractivity (Wildman–Crippen MR) is 194 cm³/mol. The van der Waals surface area contributed by atoms with Crippen molar-refractivity contribution >= 4 is 40.8 Å². The number of aliphatic hydroxyl groups is 6. The summed E-state index contributed by atoms with van der Waals surface area (Å²) >= 11 is 11.8. The number of hydrogen-bond acceptors (Lipinski definition) is 15. The van der Waals surface area contributed by atoms with Crippen molar-refractivity contribution in [2.45, 2.75) is 100 Å². The van der Waals surface area contributed by atoms with Crippen LogP contribution in [0.5, 0.6) is 0 Å². The Bertz CT molecular complexity index is 1610. The third-order valence-electron chi connectivity index (χ3n) is 8.96. The maximum absolute atomic E-state index is 13.8. The molecule has 8 N–H and O–H groups in total. The zero-order chi connectivity index (χ0) is 40.6. The zero-order valence-corrected chi connectivity index (χ0v) is 31.6. The maximum atomic E-state index is 13.8. The lowest BCUT2D eigenvalue weighted by molar-refractivity contribution is -0.338. The molecule has 19 heteroatoms. The average molecular weight is 818 g/mol. The third-order valence-corrected chi connectivity index (χ3v) is 9.31. The number of carbonyl (C=O) groups excluding carboxylic acids is 3. The van der Waals surface area contributed by atoms with Crippen molar-refractivity contribution in [1.29, 1.82) is 0 Å². The molecule has 0 aromatic rings. The van der Waals surface area contributed by atoms with Gasteiger partial charge in [-0.05, 0) is 32.1 Å². The largest absolute Gasteiger partial charge is 0.507 e. The highest BCUT2D eigenvalue weighted by molar-refractivity contribution is 6.34. The van der Waals surface area contributed by atoms with Crippen LogP contribution in [0.15, 0.2) is 82.2 Å². The van der Waals surface area contributed by atoms with Crippen LogP contribution in [-0.4, -0.2) is 153 Å². The van der Waals surface area contributed by atoms with E-state index in [4.69, 9.17) is 57.4 Å². The molecule has 13 atom stereocenters. The molecule has 55 heavy (non-hydrogen) atoms. The second kappa shape index (κ2) is 20.2. The van der Waals surface area contributed by atoms with Gasteiger partial charge in [-0.1, -0.05) is 65.7 Å². The molecule has 0 aromatic carbocycles. The summed E-state index contributed by atoms with van der Waals surface area (Å²) in [5.41, 5.74) is 4.70. The van der Waals surface area contributed by atoms with Gasteiger partial charge in [0.05, 0.1) is 25.7 Å². The number of carbonyl (C=O) groups is 3. The van der Waals surface area contributed by atoms with Crippen molar-refractivity contribution in [2.24, 2.45) is 5.73 Å². The number of likely N-dealkylation sites (tertiary alicyclic amines) is 1. The molecule has 0 spiro atoms. The fourth-order valence-corrected chi connectivity index (χ4v) is 6.58. The lowest BCUT2D eigenvalue weighted by atomic mass is 10.0. The van der Waals surface area contributed by atoms with E-state index in [1.807, 2.05) is 0 Å². The minimum Gasteiger partial charge on any atom is -0.507 e. The van der Waals surface area contributed by atoms with Crippen LogP contribution in [0.1, 0.15) is 20.3 Å². The highest BCUT2D eigenvalue weighted by atomic mass is 35.5. The van der Waals surface area contributed by atoms with Crippen molar-refractivity contribution in [3.8, 4) is 0 Å². The van der Waals surface area contributed by atoms with Gasteiger partial charge in [-0.25, -0.2) is 0 Å². The van der Waals surface area contributed by atoms with E-state index < -0.39 is 128 Å². The summed E-state index contributed by atoms with van der Waals surface area (Å²) in [6, 6.07) is -1.62. The lowest BCUT2D eigenvalue weighted by Gasteiger charge is -2.46. The number of nitrogens with two attached hydrogens (primary N) is 1. The van der Waals surface area contributed by atoms with Gasteiger partial charge >= 0.3 is 0 Å². The van der Waals surface area contributed by atoms with Gasteiger partial charge in [0.1, 0.15) is 66.2 Å². The monoisotopic (exact) mass is 816 g/mol. The van der Waals surface area contributed by atoms with Crippen LogP contribution in [0.4, 0.5) is 0 Å². The van der Waals surface area contributed by atoms with Crippen LogP contribution < -0.4 is 5.73 Å². The molecule has 0 bridgehead atoms. The van der Waals surface area contributed by atoms with E-state index in [1.54, 1.807) is 56.4 Å². The summed E-state index contributed by atoms with van der Waals surface area (Å²) in [5.74, 6) is -3.83. The Morgan fingerprint density at radius 3 is 2.18 bits per heavy atom. The van der Waals surface area contributed by atoms with Crippen molar-refractivity contribution in [3.63, 3.8) is 0 Å². The molecule has 4 aliphatic rings. The molecule has 0 saturated carbocycles. The Morgan fingerprint density at radius 2 is 1.55 bits per heavy atom. The van der Waals surface area contributed by atoms with E-state index in [-0.39, 0.29) is 0 Å². The maximum Gasteiger partial charge on any atom is 0.264 e. The number of nitrogens with zero attached hydrogens (tertiary/aromatic N) is 1. The van der Waals surface area contributed by atoms with Crippen LogP contribution in [0, 0.1) is 0 Å². The van der Waals surface area contributed by atoms with Crippen LogP contribution >= 0.6 is 23.2 Å². The first kappa shape index (κ1) is 44.4. The number of ketones is 1. The van der Waals surface area contributed by atoms with Crippen LogP contribution in [0.3, 0.4) is 0 Å². The topological polar surface area (TPSA) is 257 Å². The fraction of sp³-hybridized carbons (Fsp3) is 0.528. The van der Waals surface area contributed by atoms with E-state index in [0.717, 1.165) is 11.0 Å². The van der Waals surface area contributed by atoms with Gasteiger partial charge in [0.15, 0.2) is 24.6 Å². The Labute approximate surface area is 326 Å². The summed E-state index contributed by atoms with van der Waals surface area (Å²) in [6.45, 7) is 2.32. The molecule has 0 radical (unpaired) electrons. The van der Waals surface area contributed by atoms with E-state index >= 15 is 0 Å². The standard InChI is InChI=1S/C36H46Cl2N2O15/c1-17(37)13-19(38)11-9-7-5-4-6-8-10-12-21(41)25-27(45)20(14-24(39)43)40(33(25)49)34-31(28(46)22(42)15-51-34)55-35-30(48)29(47)23(16-52-35)54-36-32(50-3)26(44)18(2)53-36/h4-13,18,20,22-23,26,28-32,34-36,41-42,44,46-48H,14-16H2,1-3H3,(H2,39,43)/b5-4+,8-6+,9-7+,12-10+,17-13-,19-11-,25-21+/t18-,20-,22+,23+,26+,28+,29+,30+,31+,32+,34-,35+,36+/m0/s1. The van der Waals surface area contributed by atoms with Crippen LogP contribution in [0.2, 0.25) is 0 Å². The molecule has 0 aliphatic carbocycles. The normalized spacial score (nSPS) is 37.8. The Balaban J connectivity index is 1.50. The first-order chi connectivity index (χ1) is 26.1. The number of ether oxygens (including phenoxy) is 6.